The smallest absolute Gasteiger partial charge is 0.321 e. The number of fused-ring (bicyclic) bond motifs is 1. The number of benzene rings is 2. The standard InChI is InChI=1S/C20H12F5N3OS/c1-10-14-9-17(18(29)26-12-5-6-15(21)16(22)8-12)30-19(14)28(27-10)13-4-2-3-11(7-13)20(23,24)25/h2-9H,1H3,(H,26,29). The van der Waals surface area contributed by atoms with Gasteiger partial charge in [-0.05, 0) is 43.3 Å². The average molecular weight is 437 g/mol. The molecule has 4 aromatic rings. The minimum Gasteiger partial charge on any atom is -0.321 e. The van der Waals surface area contributed by atoms with Crippen molar-refractivity contribution < 1.29 is 26.7 Å². The van der Waals surface area contributed by atoms with E-state index in [1.54, 1.807) is 13.0 Å². The number of nitrogens with zero attached hydrogens (tertiary/aromatic N) is 2. The summed E-state index contributed by atoms with van der Waals surface area (Å²) in [6.07, 6.45) is -4.50. The molecule has 2 aromatic heterocycles. The van der Waals surface area contributed by atoms with Gasteiger partial charge in [0.05, 0.1) is 21.8 Å². The quantitative estimate of drug-likeness (QED) is 0.403. The maximum Gasteiger partial charge on any atom is 0.416 e. The van der Waals surface area contributed by atoms with Gasteiger partial charge in [0.1, 0.15) is 4.83 Å². The molecule has 0 saturated heterocycles. The van der Waals surface area contributed by atoms with Gasteiger partial charge >= 0.3 is 6.18 Å². The number of carbonyl (C=O) groups excluding carboxylic acids is 1. The largest absolute Gasteiger partial charge is 0.416 e. The summed E-state index contributed by atoms with van der Waals surface area (Å²) >= 11 is 1.03. The summed E-state index contributed by atoms with van der Waals surface area (Å²) in [6, 6.07) is 9.24. The number of hydrogen-bond acceptors (Lipinski definition) is 3. The number of anilines is 1. The van der Waals surface area contributed by atoms with Crippen LogP contribution in [0.5, 0.6) is 0 Å². The molecule has 0 aliphatic rings. The van der Waals surface area contributed by atoms with E-state index in [9.17, 15) is 26.7 Å². The highest BCUT2D eigenvalue weighted by molar-refractivity contribution is 7.20. The third kappa shape index (κ3) is 3.65. The van der Waals surface area contributed by atoms with Gasteiger partial charge < -0.3 is 5.32 Å². The fraction of sp³-hybridized carbons (Fsp3) is 0.100. The van der Waals surface area contributed by atoms with Crippen LogP contribution in [0.1, 0.15) is 20.9 Å². The molecule has 2 aromatic carbocycles. The Morgan fingerprint density at radius 1 is 1.07 bits per heavy atom. The van der Waals surface area contributed by atoms with Gasteiger partial charge in [-0.2, -0.15) is 18.3 Å². The minimum absolute atomic E-state index is 0.0765. The van der Waals surface area contributed by atoms with Crippen molar-refractivity contribution in [3.63, 3.8) is 0 Å². The first-order valence-corrected chi connectivity index (χ1v) is 9.38. The van der Waals surface area contributed by atoms with Crippen LogP contribution >= 0.6 is 11.3 Å². The van der Waals surface area contributed by atoms with E-state index in [-0.39, 0.29) is 16.3 Å². The van der Waals surface area contributed by atoms with Crippen molar-refractivity contribution in [2.75, 3.05) is 5.32 Å². The van der Waals surface area contributed by atoms with Gasteiger partial charge in [0.25, 0.3) is 5.91 Å². The van der Waals surface area contributed by atoms with Crippen molar-refractivity contribution in [1.29, 1.82) is 0 Å². The van der Waals surface area contributed by atoms with Crippen LogP contribution in [0.2, 0.25) is 0 Å². The first-order chi connectivity index (χ1) is 14.1. The van der Waals surface area contributed by atoms with E-state index in [0.29, 0.717) is 15.9 Å². The Kier molecular flexibility index (Phi) is 4.81. The molecular weight excluding hydrogens is 425 g/mol. The Hall–Kier alpha value is -3.27. The van der Waals surface area contributed by atoms with Crippen LogP contribution in [0, 0.1) is 18.6 Å². The minimum atomic E-state index is -4.50. The molecule has 154 valence electrons. The predicted octanol–water partition coefficient (Wildman–Crippen LogP) is 5.94. The Balaban J connectivity index is 1.70. The molecule has 0 saturated carbocycles. The molecule has 0 bridgehead atoms. The lowest BCUT2D eigenvalue weighted by molar-refractivity contribution is -0.137. The zero-order chi connectivity index (χ0) is 21.6. The Morgan fingerprint density at radius 2 is 1.83 bits per heavy atom. The lowest BCUT2D eigenvalue weighted by atomic mass is 10.2. The fourth-order valence-corrected chi connectivity index (χ4v) is 3.99. The topological polar surface area (TPSA) is 46.9 Å². The monoisotopic (exact) mass is 437 g/mol. The van der Waals surface area contributed by atoms with Gasteiger partial charge in [0, 0.05) is 17.1 Å². The molecule has 4 rings (SSSR count). The van der Waals surface area contributed by atoms with E-state index < -0.39 is 29.3 Å². The van der Waals surface area contributed by atoms with Gasteiger partial charge in [-0.3, -0.25) is 4.79 Å². The Bertz CT molecular complexity index is 1280. The number of amides is 1. The average Bonchev–Trinajstić information content (AvgIpc) is 3.25. The summed E-state index contributed by atoms with van der Waals surface area (Å²) in [7, 11) is 0. The molecule has 1 N–H and O–H groups in total. The number of carbonyl (C=O) groups is 1. The predicted molar refractivity (Wildman–Crippen MR) is 103 cm³/mol. The highest BCUT2D eigenvalue weighted by atomic mass is 32.1. The molecule has 1 amide bonds. The first-order valence-electron chi connectivity index (χ1n) is 8.56. The van der Waals surface area contributed by atoms with Crippen molar-refractivity contribution in [1.82, 2.24) is 9.78 Å². The molecule has 0 radical (unpaired) electrons. The molecule has 0 aliphatic heterocycles. The summed E-state index contributed by atoms with van der Waals surface area (Å²) in [4.78, 5) is 13.3. The lowest BCUT2D eigenvalue weighted by Crippen LogP contribution is -2.10. The Morgan fingerprint density at radius 3 is 2.53 bits per heavy atom. The molecule has 0 spiro atoms. The van der Waals surface area contributed by atoms with Gasteiger partial charge in [0.2, 0.25) is 0 Å². The van der Waals surface area contributed by atoms with Crippen molar-refractivity contribution in [3.8, 4) is 5.69 Å². The normalized spacial score (nSPS) is 11.8. The second-order valence-corrected chi connectivity index (χ2v) is 7.49. The number of thiophene rings is 1. The SMILES string of the molecule is Cc1nn(-c2cccc(C(F)(F)F)c2)c2sc(C(=O)Nc3ccc(F)c(F)c3)cc12. The van der Waals surface area contributed by atoms with E-state index in [0.717, 1.165) is 35.6 Å². The van der Waals surface area contributed by atoms with Crippen molar-refractivity contribution >= 4 is 33.1 Å². The maximum absolute atomic E-state index is 13.3. The Labute approximate surface area is 170 Å². The number of aromatic nitrogens is 2. The molecular formula is C20H12F5N3OS. The number of alkyl halides is 3. The van der Waals surface area contributed by atoms with Gasteiger partial charge in [-0.1, -0.05) is 6.07 Å². The van der Waals surface area contributed by atoms with E-state index in [4.69, 9.17) is 0 Å². The van der Waals surface area contributed by atoms with Crippen LogP contribution in [-0.2, 0) is 6.18 Å². The fourth-order valence-electron chi connectivity index (χ4n) is 2.91. The summed E-state index contributed by atoms with van der Waals surface area (Å²) in [5.74, 6) is -2.69. The zero-order valence-electron chi connectivity index (χ0n) is 15.2. The summed E-state index contributed by atoms with van der Waals surface area (Å²) in [5.41, 5.74) is 0.00428. The molecule has 0 aliphatic carbocycles. The third-order valence-electron chi connectivity index (χ3n) is 4.36. The lowest BCUT2D eigenvalue weighted by Gasteiger charge is -2.09. The van der Waals surface area contributed by atoms with Crippen LogP contribution in [0.4, 0.5) is 27.6 Å². The van der Waals surface area contributed by atoms with E-state index in [1.165, 1.54) is 22.9 Å². The van der Waals surface area contributed by atoms with E-state index in [2.05, 4.69) is 10.4 Å². The maximum atomic E-state index is 13.3. The molecule has 10 heteroatoms. The van der Waals surface area contributed by atoms with Gasteiger partial charge in [0.15, 0.2) is 11.6 Å². The summed E-state index contributed by atoms with van der Waals surface area (Å²) in [6.45, 7) is 1.68. The molecule has 2 heterocycles. The zero-order valence-corrected chi connectivity index (χ0v) is 16.0. The number of hydrogen-bond donors (Lipinski definition) is 1. The van der Waals surface area contributed by atoms with Crippen LogP contribution < -0.4 is 5.32 Å². The molecule has 0 fully saturated rings. The molecule has 0 unspecified atom stereocenters. The molecule has 4 nitrogen and oxygen atoms in total. The number of aryl methyl sites for hydroxylation is 1. The number of rotatable bonds is 3. The second kappa shape index (κ2) is 7.21. The molecule has 0 atom stereocenters. The van der Waals surface area contributed by atoms with Gasteiger partial charge in [-0.25, -0.2) is 13.5 Å². The van der Waals surface area contributed by atoms with E-state index in [1.807, 2.05) is 0 Å². The number of halogens is 5. The van der Waals surface area contributed by atoms with Crippen LogP contribution in [-0.4, -0.2) is 15.7 Å². The second-order valence-electron chi connectivity index (χ2n) is 6.46. The summed E-state index contributed by atoms with van der Waals surface area (Å²) in [5, 5.41) is 7.36. The molecule has 30 heavy (non-hydrogen) atoms. The third-order valence-corrected chi connectivity index (χ3v) is 5.47. The summed E-state index contributed by atoms with van der Waals surface area (Å²) < 4.78 is 66.9. The van der Waals surface area contributed by atoms with Crippen LogP contribution in [0.3, 0.4) is 0 Å². The van der Waals surface area contributed by atoms with Gasteiger partial charge in [-0.15, -0.1) is 11.3 Å². The highest BCUT2D eigenvalue weighted by Crippen LogP contribution is 2.34. The van der Waals surface area contributed by atoms with Crippen LogP contribution in [0.25, 0.3) is 15.9 Å². The van der Waals surface area contributed by atoms with E-state index >= 15 is 0 Å². The highest BCUT2D eigenvalue weighted by Gasteiger charge is 2.31. The van der Waals surface area contributed by atoms with Crippen molar-refractivity contribution in [3.05, 3.63) is 76.3 Å². The first kappa shape index (κ1) is 20.0. The van der Waals surface area contributed by atoms with Crippen LogP contribution in [0.15, 0.2) is 48.5 Å². The van der Waals surface area contributed by atoms with Crippen molar-refractivity contribution in [2.45, 2.75) is 13.1 Å². The number of nitrogens with one attached hydrogen (secondary N) is 1. The van der Waals surface area contributed by atoms with Crippen molar-refractivity contribution in [2.24, 2.45) is 0 Å².